The molecule has 3 rings (SSSR count). The zero-order valence-electron chi connectivity index (χ0n) is 16.2. The van der Waals surface area contributed by atoms with E-state index in [9.17, 15) is 14.4 Å². The predicted molar refractivity (Wildman–Crippen MR) is 108 cm³/mol. The lowest BCUT2D eigenvalue weighted by molar-refractivity contribution is -0.130. The van der Waals surface area contributed by atoms with Crippen LogP contribution >= 0.6 is 0 Å². The van der Waals surface area contributed by atoms with Crippen LogP contribution in [0.3, 0.4) is 0 Å². The first kappa shape index (κ1) is 20.0. The van der Waals surface area contributed by atoms with Gasteiger partial charge in [0.25, 0.3) is 11.5 Å². The molecule has 9 nitrogen and oxygen atoms in total. The molecule has 3 aromatic rings. The van der Waals surface area contributed by atoms with E-state index in [1.807, 2.05) is 0 Å². The summed E-state index contributed by atoms with van der Waals surface area (Å²) in [7, 11) is 3.31. The molecule has 0 bridgehead atoms. The van der Waals surface area contributed by atoms with E-state index >= 15 is 0 Å². The van der Waals surface area contributed by atoms with Gasteiger partial charge in [-0.3, -0.25) is 14.4 Å². The third-order valence-corrected chi connectivity index (χ3v) is 4.18. The van der Waals surface area contributed by atoms with Crippen LogP contribution in [0.4, 0.5) is 5.69 Å². The van der Waals surface area contributed by atoms with Gasteiger partial charge in [0.1, 0.15) is 11.3 Å². The molecule has 0 aliphatic rings. The molecule has 2 amide bonds. The number of nitrogens with zero attached hydrogens (tertiary/aromatic N) is 4. The summed E-state index contributed by atoms with van der Waals surface area (Å²) in [6.45, 7) is 0.0661. The van der Waals surface area contributed by atoms with E-state index in [0.717, 1.165) is 0 Å². The number of anilines is 1. The summed E-state index contributed by atoms with van der Waals surface area (Å²) in [5.74, 6) is 0.119. The van der Waals surface area contributed by atoms with Crippen molar-refractivity contribution in [1.29, 1.82) is 0 Å². The van der Waals surface area contributed by atoms with Crippen molar-refractivity contribution in [2.24, 2.45) is 0 Å². The van der Waals surface area contributed by atoms with Gasteiger partial charge in [-0.15, -0.1) is 5.10 Å². The number of likely N-dealkylation sites (N-methyl/N-ethyl adjacent to an activating group) is 1. The molecule has 0 aliphatic heterocycles. The van der Waals surface area contributed by atoms with Crippen LogP contribution in [-0.2, 0) is 16.1 Å². The zero-order valence-corrected chi connectivity index (χ0v) is 16.2. The topological polar surface area (TPSA) is 106 Å². The van der Waals surface area contributed by atoms with Gasteiger partial charge in [0, 0.05) is 26.2 Å². The Morgan fingerprint density at radius 3 is 2.55 bits per heavy atom. The van der Waals surface area contributed by atoms with Gasteiger partial charge < -0.3 is 15.0 Å². The van der Waals surface area contributed by atoms with Gasteiger partial charge in [0.05, 0.1) is 11.9 Å². The number of ether oxygens (including phenoxy) is 1. The molecule has 0 saturated carbocycles. The number of benzene rings is 2. The Kier molecular flexibility index (Phi) is 6.18. The number of hydrogen-bond donors (Lipinski definition) is 1. The quantitative estimate of drug-likeness (QED) is 0.646. The molecule has 0 fully saturated rings. The number of amides is 2. The molecule has 0 spiro atoms. The summed E-state index contributed by atoms with van der Waals surface area (Å²) in [6, 6.07) is 13.6. The van der Waals surface area contributed by atoms with Crippen LogP contribution in [0.15, 0.2) is 53.3 Å². The number of hydrogen-bond acceptors (Lipinski definition) is 6. The fourth-order valence-corrected chi connectivity index (χ4v) is 2.51. The van der Waals surface area contributed by atoms with Crippen molar-refractivity contribution in [3.05, 3.63) is 58.9 Å². The average Bonchev–Trinajstić information content (AvgIpc) is 2.72. The minimum Gasteiger partial charge on any atom is -0.484 e. The van der Waals surface area contributed by atoms with E-state index in [0.29, 0.717) is 22.3 Å². The van der Waals surface area contributed by atoms with Gasteiger partial charge >= 0.3 is 0 Å². The van der Waals surface area contributed by atoms with E-state index in [4.69, 9.17) is 4.74 Å². The number of carbonyl (C=O) groups is 2. The molecule has 0 atom stereocenters. The van der Waals surface area contributed by atoms with E-state index in [1.165, 1.54) is 9.58 Å². The molecule has 29 heavy (non-hydrogen) atoms. The van der Waals surface area contributed by atoms with Crippen LogP contribution in [0, 0.1) is 0 Å². The minimum atomic E-state index is -0.280. The maximum Gasteiger partial charge on any atom is 0.277 e. The maximum atomic E-state index is 12.4. The second kappa shape index (κ2) is 8.96. The van der Waals surface area contributed by atoms with Crippen molar-refractivity contribution < 1.29 is 14.3 Å². The first-order valence-electron chi connectivity index (χ1n) is 8.99. The Hall–Kier alpha value is -3.75. The van der Waals surface area contributed by atoms with Gasteiger partial charge in [-0.1, -0.05) is 17.3 Å². The highest BCUT2D eigenvalue weighted by Crippen LogP contribution is 2.16. The molecule has 1 heterocycles. The Morgan fingerprint density at radius 1 is 1.10 bits per heavy atom. The van der Waals surface area contributed by atoms with Crippen molar-refractivity contribution in [2.45, 2.75) is 13.0 Å². The molecule has 9 heteroatoms. The van der Waals surface area contributed by atoms with Crippen molar-refractivity contribution in [3.8, 4) is 5.75 Å². The number of aromatic nitrogens is 3. The van der Waals surface area contributed by atoms with E-state index < -0.39 is 0 Å². The average molecular weight is 395 g/mol. The number of fused-ring (bicyclic) bond motifs is 1. The highest BCUT2D eigenvalue weighted by atomic mass is 16.5. The van der Waals surface area contributed by atoms with Crippen LogP contribution in [0.2, 0.25) is 0 Å². The second-order valence-corrected chi connectivity index (χ2v) is 6.53. The van der Waals surface area contributed by atoms with E-state index in [-0.39, 0.29) is 36.9 Å². The first-order valence-corrected chi connectivity index (χ1v) is 8.99. The molecule has 1 N–H and O–H groups in total. The maximum absolute atomic E-state index is 12.4. The number of aryl methyl sites for hydroxylation is 1. The highest BCUT2D eigenvalue weighted by molar-refractivity contribution is 5.90. The molecule has 150 valence electrons. The molecular formula is C20H21N5O4. The molecule has 0 saturated heterocycles. The van der Waals surface area contributed by atoms with Crippen LogP contribution < -0.4 is 15.6 Å². The second-order valence-electron chi connectivity index (χ2n) is 6.53. The van der Waals surface area contributed by atoms with Gasteiger partial charge in [0.15, 0.2) is 6.61 Å². The molecule has 0 aliphatic carbocycles. The molecule has 1 aromatic heterocycles. The van der Waals surface area contributed by atoms with E-state index in [2.05, 4.69) is 15.6 Å². The molecule has 0 unspecified atom stereocenters. The fourth-order valence-electron chi connectivity index (χ4n) is 2.51. The summed E-state index contributed by atoms with van der Waals surface area (Å²) in [5.41, 5.74) is 0.822. The number of carbonyl (C=O) groups excluding carboxylic acids is 2. The van der Waals surface area contributed by atoms with Gasteiger partial charge in [-0.2, -0.15) is 0 Å². The third-order valence-electron chi connectivity index (χ3n) is 4.18. The molecular weight excluding hydrogens is 374 g/mol. The van der Waals surface area contributed by atoms with Crippen molar-refractivity contribution in [1.82, 2.24) is 19.9 Å². The fraction of sp³-hybridized carbons (Fsp3) is 0.250. The summed E-state index contributed by atoms with van der Waals surface area (Å²) >= 11 is 0. The monoisotopic (exact) mass is 395 g/mol. The first-order chi connectivity index (χ1) is 13.9. The third kappa shape index (κ3) is 5.16. The minimum absolute atomic E-state index is 0.0553. The van der Waals surface area contributed by atoms with Gasteiger partial charge in [0.2, 0.25) is 5.91 Å². The summed E-state index contributed by atoms with van der Waals surface area (Å²) in [6.07, 6.45) is 0.0719. The molecule has 0 radical (unpaired) electrons. The van der Waals surface area contributed by atoms with Gasteiger partial charge in [-0.25, -0.2) is 4.68 Å². The number of nitrogens with one attached hydrogen (secondary N) is 1. The van der Waals surface area contributed by atoms with Crippen molar-refractivity contribution in [2.75, 3.05) is 26.0 Å². The SMILES string of the molecule is CN(C)C(=O)COc1ccc(NC(=O)CCn2nnc3ccccc3c2=O)cc1. The summed E-state index contributed by atoms with van der Waals surface area (Å²) < 4.78 is 6.57. The molecule has 2 aromatic carbocycles. The lowest BCUT2D eigenvalue weighted by Crippen LogP contribution is -2.27. The Morgan fingerprint density at radius 2 is 1.83 bits per heavy atom. The van der Waals surface area contributed by atoms with Crippen molar-refractivity contribution >= 4 is 28.4 Å². The lowest BCUT2D eigenvalue weighted by atomic mass is 10.2. The van der Waals surface area contributed by atoms with E-state index in [1.54, 1.807) is 62.6 Å². The largest absolute Gasteiger partial charge is 0.484 e. The van der Waals surface area contributed by atoms with Crippen LogP contribution in [-0.4, -0.2) is 52.4 Å². The Balaban J connectivity index is 1.54. The Bertz CT molecular complexity index is 1080. The zero-order chi connectivity index (χ0) is 20.8. The lowest BCUT2D eigenvalue weighted by Gasteiger charge is -2.12. The van der Waals surface area contributed by atoms with Crippen molar-refractivity contribution in [3.63, 3.8) is 0 Å². The summed E-state index contributed by atoms with van der Waals surface area (Å²) in [4.78, 5) is 37.5. The smallest absolute Gasteiger partial charge is 0.277 e. The standard InChI is InChI=1S/C20H21N5O4/c1-24(2)19(27)13-29-15-9-7-14(8-10-15)21-18(26)11-12-25-20(28)16-5-3-4-6-17(16)22-23-25/h3-10H,11-13H2,1-2H3,(H,21,26). The van der Waals surface area contributed by atoms with Crippen LogP contribution in [0.25, 0.3) is 10.9 Å². The normalized spacial score (nSPS) is 10.6. The highest BCUT2D eigenvalue weighted by Gasteiger charge is 2.09. The van der Waals surface area contributed by atoms with Crippen LogP contribution in [0.5, 0.6) is 5.75 Å². The van der Waals surface area contributed by atoms with Crippen LogP contribution in [0.1, 0.15) is 6.42 Å². The summed E-state index contributed by atoms with van der Waals surface area (Å²) in [5, 5.41) is 11.1. The number of rotatable bonds is 7. The Labute approximate surface area is 166 Å². The van der Waals surface area contributed by atoms with Gasteiger partial charge in [-0.05, 0) is 36.4 Å². The predicted octanol–water partition coefficient (Wildman–Crippen LogP) is 1.29.